The minimum atomic E-state index is -0.820. The lowest BCUT2D eigenvalue weighted by atomic mass is 10.1. The molecule has 0 saturated carbocycles. The Hall–Kier alpha value is -1.24. The second-order valence-corrected chi connectivity index (χ2v) is 3.81. The molecule has 0 bridgehead atoms. The van der Waals surface area contributed by atoms with Gasteiger partial charge in [-0.05, 0) is 6.42 Å². The zero-order chi connectivity index (χ0) is 12.7. The molecule has 0 aromatic carbocycles. The number of nitrogens with zero attached hydrogens (tertiary/aromatic N) is 3. The quantitative estimate of drug-likeness (QED) is 0.585. The highest BCUT2D eigenvalue weighted by Crippen LogP contribution is 2.12. The molecule has 96 valence electrons. The van der Waals surface area contributed by atoms with Crippen molar-refractivity contribution in [1.82, 2.24) is 15.0 Å². The first-order chi connectivity index (χ1) is 8.22. The lowest BCUT2D eigenvalue weighted by Gasteiger charge is -2.17. The van der Waals surface area contributed by atoms with Gasteiger partial charge in [0.15, 0.2) is 0 Å². The van der Waals surface area contributed by atoms with Crippen LogP contribution in [0, 0.1) is 0 Å². The van der Waals surface area contributed by atoms with Gasteiger partial charge in [0.2, 0.25) is 0 Å². The predicted octanol–water partition coefficient (Wildman–Crippen LogP) is 0.0210. The standard InChI is InChI=1S/C11H19N3O3/c1-2-3-4-5-11(17)10(8-16)14-6-9(7-15)12-13-14/h4-6,10-11,15-17H,2-3,7-8H2,1H3/b5-4+/t10-,11+/m0/s1. The molecular formula is C11H19N3O3. The molecule has 2 atom stereocenters. The maximum Gasteiger partial charge on any atom is 0.108 e. The highest BCUT2D eigenvalue weighted by atomic mass is 16.3. The maximum atomic E-state index is 9.87. The molecule has 0 aliphatic rings. The van der Waals surface area contributed by atoms with E-state index in [0.717, 1.165) is 12.8 Å². The molecule has 3 N–H and O–H groups in total. The van der Waals surface area contributed by atoms with Crippen molar-refractivity contribution < 1.29 is 15.3 Å². The monoisotopic (exact) mass is 241 g/mol. The van der Waals surface area contributed by atoms with Gasteiger partial charge in [-0.2, -0.15) is 0 Å². The van der Waals surface area contributed by atoms with E-state index in [1.54, 1.807) is 6.08 Å². The van der Waals surface area contributed by atoms with E-state index in [4.69, 9.17) is 5.11 Å². The van der Waals surface area contributed by atoms with Crippen LogP contribution in [0.2, 0.25) is 0 Å². The van der Waals surface area contributed by atoms with Crippen LogP contribution in [0.15, 0.2) is 18.3 Å². The average Bonchev–Trinajstić information content (AvgIpc) is 2.79. The predicted molar refractivity (Wildman–Crippen MR) is 62.1 cm³/mol. The minimum Gasteiger partial charge on any atom is -0.394 e. The van der Waals surface area contributed by atoms with E-state index >= 15 is 0 Å². The van der Waals surface area contributed by atoms with Crippen molar-refractivity contribution in [2.24, 2.45) is 0 Å². The van der Waals surface area contributed by atoms with Crippen LogP contribution in [-0.2, 0) is 6.61 Å². The van der Waals surface area contributed by atoms with E-state index in [9.17, 15) is 10.2 Å². The van der Waals surface area contributed by atoms with E-state index in [1.165, 1.54) is 10.9 Å². The van der Waals surface area contributed by atoms with Crippen LogP contribution >= 0.6 is 0 Å². The van der Waals surface area contributed by atoms with E-state index in [0.29, 0.717) is 5.69 Å². The van der Waals surface area contributed by atoms with Crippen LogP contribution < -0.4 is 0 Å². The van der Waals surface area contributed by atoms with Crippen molar-refractivity contribution >= 4 is 0 Å². The van der Waals surface area contributed by atoms with Gasteiger partial charge in [-0.25, -0.2) is 4.68 Å². The fourth-order valence-electron chi connectivity index (χ4n) is 1.43. The Balaban J connectivity index is 2.69. The largest absolute Gasteiger partial charge is 0.394 e. The maximum absolute atomic E-state index is 9.87. The molecule has 1 aromatic rings. The number of aromatic nitrogens is 3. The van der Waals surface area contributed by atoms with Gasteiger partial charge in [-0.3, -0.25) is 0 Å². The Morgan fingerprint density at radius 1 is 1.47 bits per heavy atom. The normalized spacial score (nSPS) is 15.3. The van der Waals surface area contributed by atoms with E-state index in [-0.39, 0.29) is 13.2 Å². The molecule has 1 aromatic heterocycles. The first-order valence-electron chi connectivity index (χ1n) is 5.70. The number of hydrogen-bond donors (Lipinski definition) is 3. The third-order valence-corrected chi connectivity index (χ3v) is 2.43. The molecule has 0 fully saturated rings. The third-order valence-electron chi connectivity index (χ3n) is 2.43. The second-order valence-electron chi connectivity index (χ2n) is 3.81. The fraction of sp³-hybridized carbons (Fsp3) is 0.636. The Bertz CT molecular complexity index is 351. The van der Waals surface area contributed by atoms with Crippen molar-refractivity contribution in [3.05, 3.63) is 24.0 Å². The number of allylic oxidation sites excluding steroid dienone is 1. The Morgan fingerprint density at radius 2 is 2.24 bits per heavy atom. The van der Waals surface area contributed by atoms with Gasteiger partial charge in [0, 0.05) is 0 Å². The van der Waals surface area contributed by atoms with Gasteiger partial charge in [-0.1, -0.05) is 30.7 Å². The van der Waals surface area contributed by atoms with Gasteiger partial charge in [0.1, 0.15) is 11.7 Å². The summed E-state index contributed by atoms with van der Waals surface area (Å²) in [7, 11) is 0. The van der Waals surface area contributed by atoms with Gasteiger partial charge < -0.3 is 15.3 Å². The Morgan fingerprint density at radius 3 is 2.76 bits per heavy atom. The summed E-state index contributed by atoms with van der Waals surface area (Å²) in [5.74, 6) is 0. The molecule has 0 saturated heterocycles. The molecule has 0 spiro atoms. The van der Waals surface area contributed by atoms with Crippen LogP contribution in [0.3, 0.4) is 0 Å². The van der Waals surface area contributed by atoms with Crippen LogP contribution in [0.1, 0.15) is 31.5 Å². The van der Waals surface area contributed by atoms with Gasteiger partial charge >= 0.3 is 0 Å². The molecule has 6 heteroatoms. The van der Waals surface area contributed by atoms with E-state index in [2.05, 4.69) is 10.3 Å². The van der Waals surface area contributed by atoms with E-state index < -0.39 is 12.1 Å². The molecule has 0 aliphatic heterocycles. The Kier molecular flexibility index (Phi) is 5.82. The first-order valence-corrected chi connectivity index (χ1v) is 5.70. The van der Waals surface area contributed by atoms with Crippen LogP contribution in [0.4, 0.5) is 0 Å². The van der Waals surface area contributed by atoms with Crippen molar-refractivity contribution in [3.63, 3.8) is 0 Å². The minimum absolute atomic E-state index is 0.208. The number of aliphatic hydroxyl groups is 3. The third kappa shape index (κ3) is 3.92. The summed E-state index contributed by atoms with van der Waals surface area (Å²) in [5, 5.41) is 35.4. The summed E-state index contributed by atoms with van der Waals surface area (Å²) in [4.78, 5) is 0. The number of rotatable bonds is 7. The zero-order valence-electron chi connectivity index (χ0n) is 9.90. The van der Waals surface area contributed by atoms with Gasteiger partial charge in [0.25, 0.3) is 0 Å². The van der Waals surface area contributed by atoms with Crippen molar-refractivity contribution in [2.75, 3.05) is 6.61 Å². The van der Waals surface area contributed by atoms with Crippen LogP contribution in [0.25, 0.3) is 0 Å². The highest BCUT2D eigenvalue weighted by molar-refractivity contribution is 4.97. The number of aliphatic hydroxyl groups excluding tert-OH is 3. The topological polar surface area (TPSA) is 91.4 Å². The van der Waals surface area contributed by atoms with Crippen LogP contribution in [0.5, 0.6) is 0 Å². The summed E-state index contributed by atoms with van der Waals surface area (Å²) in [6, 6.07) is -0.573. The average molecular weight is 241 g/mol. The first kappa shape index (κ1) is 13.8. The molecule has 0 amide bonds. The summed E-state index contributed by atoms with van der Waals surface area (Å²) < 4.78 is 1.37. The smallest absolute Gasteiger partial charge is 0.108 e. The highest BCUT2D eigenvalue weighted by Gasteiger charge is 2.19. The molecule has 1 heterocycles. The molecule has 6 nitrogen and oxygen atoms in total. The van der Waals surface area contributed by atoms with Gasteiger partial charge in [-0.15, -0.1) is 5.10 Å². The van der Waals surface area contributed by atoms with Crippen LogP contribution in [-0.4, -0.2) is 43.0 Å². The molecule has 1 rings (SSSR count). The molecule has 0 unspecified atom stereocenters. The summed E-state index contributed by atoms with van der Waals surface area (Å²) in [5.41, 5.74) is 0.410. The molecule has 0 radical (unpaired) electrons. The number of unbranched alkanes of at least 4 members (excludes halogenated alkanes) is 1. The molecule has 17 heavy (non-hydrogen) atoms. The molecular weight excluding hydrogens is 222 g/mol. The second kappa shape index (κ2) is 7.16. The molecule has 0 aliphatic carbocycles. The lowest BCUT2D eigenvalue weighted by Crippen LogP contribution is -2.26. The van der Waals surface area contributed by atoms with Gasteiger partial charge in [0.05, 0.1) is 25.5 Å². The summed E-state index contributed by atoms with van der Waals surface area (Å²) in [6.45, 7) is 1.59. The fourth-order valence-corrected chi connectivity index (χ4v) is 1.43. The zero-order valence-corrected chi connectivity index (χ0v) is 9.90. The van der Waals surface area contributed by atoms with Crippen molar-refractivity contribution in [2.45, 2.75) is 38.5 Å². The SMILES string of the molecule is CCC/C=C/[C@@H](O)[C@H](CO)n1cc(CO)nn1. The van der Waals surface area contributed by atoms with Crippen molar-refractivity contribution in [3.8, 4) is 0 Å². The summed E-state index contributed by atoms with van der Waals surface area (Å²) >= 11 is 0. The summed E-state index contributed by atoms with van der Waals surface area (Å²) in [6.07, 6.45) is 6.10. The lowest BCUT2D eigenvalue weighted by molar-refractivity contribution is 0.0974. The Labute approximate surface area is 100 Å². The van der Waals surface area contributed by atoms with Crippen molar-refractivity contribution in [1.29, 1.82) is 0 Å². The van der Waals surface area contributed by atoms with E-state index in [1.807, 2.05) is 13.0 Å². The number of hydrogen-bond acceptors (Lipinski definition) is 5.